The zero-order chi connectivity index (χ0) is 19.6. The Morgan fingerprint density at radius 2 is 1.85 bits per heavy atom. The molecule has 1 saturated heterocycles. The molecule has 146 valence electrons. The summed E-state index contributed by atoms with van der Waals surface area (Å²) in [6, 6.07) is 6.25. The van der Waals surface area contributed by atoms with Gasteiger partial charge in [0.15, 0.2) is 11.0 Å². The number of alkyl halides is 3. The van der Waals surface area contributed by atoms with Crippen molar-refractivity contribution in [3.63, 3.8) is 0 Å². The first-order chi connectivity index (χ1) is 12.7. The van der Waals surface area contributed by atoms with Crippen molar-refractivity contribution in [1.82, 2.24) is 15.1 Å². The molecule has 0 aliphatic carbocycles. The van der Waals surface area contributed by atoms with Crippen LogP contribution in [0.15, 0.2) is 30.3 Å². The Morgan fingerprint density at radius 3 is 2.44 bits per heavy atom. The van der Waals surface area contributed by atoms with Crippen LogP contribution in [0.5, 0.6) is 0 Å². The van der Waals surface area contributed by atoms with E-state index in [1.165, 1.54) is 0 Å². The van der Waals surface area contributed by atoms with E-state index in [0.29, 0.717) is 24.1 Å². The molecule has 2 heterocycles. The molecule has 3 rings (SSSR count). The monoisotopic (exact) mass is 402 g/mol. The molecule has 27 heavy (non-hydrogen) atoms. The quantitative estimate of drug-likeness (QED) is 0.710. The van der Waals surface area contributed by atoms with Crippen molar-refractivity contribution >= 4 is 17.4 Å². The van der Waals surface area contributed by atoms with Crippen LogP contribution in [-0.4, -0.2) is 41.3 Å². The van der Waals surface area contributed by atoms with Crippen LogP contribution in [-0.2, 0) is 12.7 Å². The van der Waals surface area contributed by atoms with Gasteiger partial charge in [0.05, 0.1) is 5.56 Å². The molecule has 1 aromatic carbocycles. The van der Waals surface area contributed by atoms with Crippen LogP contribution in [0.1, 0.15) is 24.0 Å². The fourth-order valence-corrected chi connectivity index (χ4v) is 3.36. The van der Waals surface area contributed by atoms with Gasteiger partial charge in [-0.25, -0.2) is 4.39 Å². The van der Waals surface area contributed by atoms with E-state index in [4.69, 9.17) is 11.6 Å². The van der Waals surface area contributed by atoms with Crippen LogP contribution in [0.3, 0.4) is 0 Å². The maximum absolute atomic E-state index is 13.9. The Hall–Kier alpha value is -1.93. The summed E-state index contributed by atoms with van der Waals surface area (Å²) in [7, 11) is 1.92. The smallest absolute Gasteiger partial charge is 0.355 e. The molecule has 0 radical (unpaired) electrons. The third kappa shape index (κ3) is 4.87. The Labute approximate surface area is 159 Å². The summed E-state index contributed by atoms with van der Waals surface area (Å²) in [6.07, 6.45) is -2.89. The third-order valence-corrected chi connectivity index (χ3v) is 5.05. The van der Waals surface area contributed by atoms with Gasteiger partial charge in [-0.15, -0.1) is 10.2 Å². The molecule has 0 bridgehead atoms. The van der Waals surface area contributed by atoms with Crippen LogP contribution in [0.25, 0.3) is 0 Å². The molecule has 4 nitrogen and oxygen atoms in total. The van der Waals surface area contributed by atoms with Crippen LogP contribution < -0.4 is 4.90 Å². The topological polar surface area (TPSA) is 32.3 Å². The zero-order valence-electron chi connectivity index (χ0n) is 14.7. The van der Waals surface area contributed by atoms with Crippen LogP contribution >= 0.6 is 11.6 Å². The minimum absolute atomic E-state index is 0.0696. The number of benzene rings is 1. The van der Waals surface area contributed by atoms with Gasteiger partial charge in [-0.3, -0.25) is 4.90 Å². The van der Waals surface area contributed by atoms with Gasteiger partial charge in [-0.05, 0) is 43.2 Å². The maximum atomic E-state index is 13.9. The van der Waals surface area contributed by atoms with Gasteiger partial charge in [-0.2, -0.15) is 13.2 Å². The van der Waals surface area contributed by atoms with Crippen molar-refractivity contribution in [1.29, 1.82) is 0 Å². The first-order valence-corrected chi connectivity index (χ1v) is 8.92. The van der Waals surface area contributed by atoms with E-state index < -0.39 is 17.6 Å². The first kappa shape index (κ1) is 19.8. The summed E-state index contributed by atoms with van der Waals surface area (Å²) in [5.41, 5.74) is -0.755. The molecular weight excluding hydrogens is 384 g/mol. The predicted molar refractivity (Wildman–Crippen MR) is 95.1 cm³/mol. The second-order valence-corrected chi connectivity index (χ2v) is 7.02. The second-order valence-electron chi connectivity index (χ2n) is 6.64. The normalized spacial score (nSPS) is 16.5. The van der Waals surface area contributed by atoms with Crippen molar-refractivity contribution in [3.05, 3.63) is 52.4 Å². The van der Waals surface area contributed by atoms with E-state index >= 15 is 0 Å². The Morgan fingerprint density at radius 1 is 1.15 bits per heavy atom. The largest absolute Gasteiger partial charge is 0.416 e. The summed E-state index contributed by atoms with van der Waals surface area (Å²) in [6.45, 7) is 1.48. The maximum Gasteiger partial charge on any atom is 0.416 e. The average molecular weight is 403 g/mol. The van der Waals surface area contributed by atoms with E-state index in [2.05, 4.69) is 10.2 Å². The number of aromatic nitrogens is 2. The molecule has 1 fully saturated rings. The van der Waals surface area contributed by atoms with E-state index in [9.17, 15) is 17.6 Å². The number of anilines is 1. The molecule has 0 unspecified atom stereocenters. The molecule has 1 aliphatic rings. The number of hydrogen-bond donors (Lipinski definition) is 0. The molecular formula is C18H19ClF4N4. The molecule has 0 N–H and O–H groups in total. The first-order valence-electron chi connectivity index (χ1n) is 8.54. The molecule has 1 aliphatic heterocycles. The van der Waals surface area contributed by atoms with E-state index in [-0.39, 0.29) is 18.2 Å². The number of nitrogens with zero attached hydrogens (tertiary/aromatic N) is 4. The second kappa shape index (κ2) is 7.98. The highest BCUT2D eigenvalue weighted by Crippen LogP contribution is 2.31. The summed E-state index contributed by atoms with van der Waals surface area (Å²) in [5, 5.41) is 8.22. The van der Waals surface area contributed by atoms with Crippen LogP contribution in [0.4, 0.5) is 23.4 Å². The van der Waals surface area contributed by atoms with Crippen molar-refractivity contribution in [3.8, 4) is 0 Å². The van der Waals surface area contributed by atoms with Gasteiger partial charge < -0.3 is 4.90 Å². The number of likely N-dealkylation sites (tertiary alicyclic amines) is 1. The Balaban J connectivity index is 1.60. The molecule has 0 atom stereocenters. The lowest BCUT2D eigenvalue weighted by atomic mass is 10.0. The molecule has 2 aromatic rings. The SMILES string of the molecule is CN(c1ccc(Cl)nn1)C1CCN(Cc2cc(C(F)(F)F)ccc2F)CC1. The van der Waals surface area contributed by atoms with Crippen LogP contribution in [0.2, 0.25) is 5.15 Å². The van der Waals surface area contributed by atoms with Gasteiger partial charge >= 0.3 is 6.18 Å². The van der Waals surface area contributed by atoms with Gasteiger partial charge in [0, 0.05) is 38.3 Å². The van der Waals surface area contributed by atoms with Gasteiger partial charge in [0.2, 0.25) is 0 Å². The molecule has 0 amide bonds. The minimum atomic E-state index is -4.47. The van der Waals surface area contributed by atoms with Crippen LogP contribution in [0, 0.1) is 5.82 Å². The fraction of sp³-hybridized carbons (Fsp3) is 0.444. The number of piperidine rings is 1. The predicted octanol–water partition coefficient (Wildman–Crippen LogP) is 4.39. The number of rotatable bonds is 4. The van der Waals surface area contributed by atoms with E-state index in [0.717, 1.165) is 31.0 Å². The molecule has 0 saturated carbocycles. The Kier molecular flexibility index (Phi) is 5.86. The summed E-state index contributed by atoms with van der Waals surface area (Å²) in [5.74, 6) is 0.0976. The number of halogens is 5. The van der Waals surface area contributed by atoms with Gasteiger partial charge in [-0.1, -0.05) is 11.6 Å². The lowest BCUT2D eigenvalue weighted by Crippen LogP contribution is -2.43. The third-order valence-electron chi connectivity index (χ3n) is 4.85. The highest BCUT2D eigenvalue weighted by atomic mass is 35.5. The average Bonchev–Trinajstić information content (AvgIpc) is 2.63. The zero-order valence-corrected chi connectivity index (χ0v) is 15.4. The van der Waals surface area contributed by atoms with Gasteiger partial charge in [0.1, 0.15) is 5.82 Å². The number of hydrogen-bond acceptors (Lipinski definition) is 4. The highest BCUT2D eigenvalue weighted by molar-refractivity contribution is 6.29. The van der Waals surface area contributed by atoms with E-state index in [1.54, 1.807) is 12.1 Å². The lowest BCUT2D eigenvalue weighted by molar-refractivity contribution is -0.137. The van der Waals surface area contributed by atoms with E-state index in [1.807, 2.05) is 16.8 Å². The van der Waals surface area contributed by atoms with Crippen molar-refractivity contribution in [2.45, 2.75) is 31.6 Å². The lowest BCUT2D eigenvalue weighted by Gasteiger charge is -2.37. The van der Waals surface area contributed by atoms with Crippen molar-refractivity contribution in [2.24, 2.45) is 0 Å². The van der Waals surface area contributed by atoms with Gasteiger partial charge in [0.25, 0.3) is 0 Å². The summed E-state index contributed by atoms with van der Waals surface area (Å²) < 4.78 is 52.5. The van der Waals surface area contributed by atoms with Crippen molar-refractivity contribution < 1.29 is 17.6 Å². The molecule has 9 heteroatoms. The summed E-state index contributed by atoms with van der Waals surface area (Å²) in [4.78, 5) is 3.99. The minimum Gasteiger partial charge on any atom is -0.355 e. The Bertz CT molecular complexity index is 774. The standard InChI is InChI=1S/C18H19ClF4N4/c1-26(17-5-4-16(19)24-25-17)14-6-8-27(9-7-14)11-12-10-13(18(21,22)23)2-3-15(12)20/h2-5,10,14H,6-9,11H2,1H3. The summed E-state index contributed by atoms with van der Waals surface area (Å²) >= 11 is 5.75. The van der Waals surface area contributed by atoms with Crippen molar-refractivity contribution in [2.75, 3.05) is 25.0 Å². The fourth-order valence-electron chi connectivity index (χ4n) is 3.26. The molecule has 1 aromatic heterocycles. The highest BCUT2D eigenvalue weighted by Gasteiger charge is 2.31. The molecule has 0 spiro atoms.